The number of sulfonamides is 1. The lowest BCUT2D eigenvalue weighted by atomic mass is 10.3. The monoisotopic (exact) mass is 468 g/mol. The van der Waals surface area contributed by atoms with Crippen LogP contribution < -0.4 is 4.72 Å². The second-order valence-corrected chi connectivity index (χ2v) is 9.88. The molecule has 158 valence electrons. The second kappa shape index (κ2) is 8.50. The molecule has 0 amide bonds. The van der Waals surface area contributed by atoms with Crippen LogP contribution in [0.5, 0.6) is 0 Å². The molecule has 0 aliphatic carbocycles. The number of anilines is 1. The standard InChI is InChI=1S/C19H17ClN2O6S2/c1-2-28-19(23)17-9-6-12-22(17)30(26,27)18-13-14(20)10-11-16(18)21-29(24,25)15-7-4-3-5-8-15/h3-13,21H,2H2,1H3. The highest BCUT2D eigenvalue weighted by Crippen LogP contribution is 2.30. The lowest BCUT2D eigenvalue weighted by Crippen LogP contribution is -2.21. The van der Waals surface area contributed by atoms with E-state index in [4.69, 9.17) is 16.3 Å². The zero-order valence-electron chi connectivity index (χ0n) is 15.6. The molecule has 0 saturated heterocycles. The minimum atomic E-state index is -4.39. The molecule has 0 unspecified atom stereocenters. The molecule has 30 heavy (non-hydrogen) atoms. The summed E-state index contributed by atoms with van der Waals surface area (Å²) in [5, 5.41) is 0.0704. The Kier molecular flexibility index (Phi) is 6.20. The summed E-state index contributed by atoms with van der Waals surface area (Å²) in [5.74, 6) is -0.834. The van der Waals surface area contributed by atoms with Crippen LogP contribution in [-0.4, -0.2) is 33.4 Å². The normalized spacial score (nSPS) is 11.8. The molecule has 1 heterocycles. The second-order valence-electron chi connectivity index (χ2n) is 5.97. The molecule has 1 N–H and O–H groups in total. The first-order valence-corrected chi connectivity index (χ1v) is 11.9. The van der Waals surface area contributed by atoms with Crippen molar-refractivity contribution in [2.45, 2.75) is 16.7 Å². The van der Waals surface area contributed by atoms with Crippen LogP contribution >= 0.6 is 11.6 Å². The highest BCUT2D eigenvalue weighted by Gasteiger charge is 2.28. The van der Waals surface area contributed by atoms with Gasteiger partial charge in [0.2, 0.25) is 0 Å². The lowest BCUT2D eigenvalue weighted by Gasteiger charge is -2.15. The fraction of sp³-hybridized carbons (Fsp3) is 0.105. The quantitative estimate of drug-likeness (QED) is 0.532. The Hall–Kier alpha value is -2.82. The zero-order valence-corrected chi connectivity index (χ0v) is 18.0. The molecule has 1 aromatic heterocycles. The number of halogens is 1. The number of hydrogen-bond acceptors (Lipinski definition) is 6. The molecule has 0 aliphatic rings. The largest absolute Gasteiger partial charge is 0.461 e. The van der Waals surface area contributed by atoms with Crippen molar-refractivity contribution < 1.29 is 26.4 Å². The van der Waals surface area contributed by atoms with E-state index in [1.165, 1.54) is 36.4 Å². The van der Waals surface area contributed by atoms with Gasteiger partial charge in [0, 0.05) is 11.2 Å². The Balaban J connectivity index is 2.11. The topological polar surface area (TPSA) is 112 Å². The number of benzene rings is 2. The van der Waals surface area contributed by atoms with Crippen molar-refractivity contribution in [1.29, 1.82) is 0 Å². The minimum absolute atomic E-state index is 0.0449. The number of carbonyl (C=O) groups is 1. The molecule has 2 aromatic carbocycles. The molecule has 0 fully saturated rings. The van der Waals surface area contributed by atoms with Crippen molar-refractivity contribution in [3.05, 3.63) is 77.6 Å². The van der Waals surface area contributed by atoms with Gasteiger partial charge in [0.25, 0.3) is 20.0 Å². The number of esters is 1. The van der Waals surface area contributed by atoms with Gasteiger partial charge in [-0.1, -0.05) is 29.8 Å². The maximum atomic E-state index is 13.3. The molecule has 8 nitrogen and oxygen atoms in total. The third-order valence-electron chi connectivity index (χ3n) is 3.98. The van der Waals surface area contributed by atoms with E-state index in [2.05, 4.69) is 4.72 Å². The van der Waals surface area contributed by atoms with Crippen LogP contribution in [0.15, 0.2) is 76.7 Å². The predicted octanol–water partition coefficient (Wildman–Crippen LogP) is 3.36. The van der Waals surface area contributed by atoms with Crippen molar-refractivity contribution in [1.82, 2.24) is 3.97 Å². The number of nitrogens with one attached hydrogen (secondary N) is 1. The number of nitrogens with zero attached hydrogens (tertiary/aromatic N) is 1. The molecule has 0 radical (unpaired) electrons. The Labute approximate surface area is 179 Å². The number of rotatable bonds is 7. The third kappa shape index (κ3) is 4.35. The molecule has 0 spiro atoms. The van der Waals surface area contributed by atoms with Gasteiger partial charge in [-0.05, 0) is 49.4 Å². The van der Waals surface area contributed by atoms with Crippen LogP contribution in [0.4, 0.5) is 5.69 Å². The summed E-state index contributed by atoms with van der Waals surface area (Å²) < 4.78 is 59.8. The van der Waals surface area contributed by atoms with E-state index in [0.717, 1.165) is 16.2 Å². The van der Waals surface area contributed by atoms with Crippen molar-refractivity contribution in [3.8, 4) is 0 Å². The molecule has 11 heteroatoms. The summed E-state index contributed by atoms with van der Waals surface area (Å²) in [7, 11) is -8.46. The van der Waals surface area contributed by atoms with Crippen molar-refractivity contribution in [2.24, 2.45) is 0 Å². The fourth-order valence-corrected chi connectivity index (χ4v) is 5.55. The fourth-order valence-electron chi connectivity index (χ4n) is 2.64. The van der Waals surface area contributed by atoms with Crippen LogP contribution in [-0.2, 0) is 24.8 Å². The molecule has 0 atom stereocenters. The van der Waals surface area contributed by atoms with E-state index < -0.39 is 30.9 Å². The zero-order chi connectivity index (χ0) is 21.9. The van der Waals surface area contributed by atoms with E-state index in [-0.39, 0.29) is 27.9 Å². The van der Waals surface area contributed by atoms with E-state index in [1.54, 1.807) is 25.1 Å². The van der Waals surface area contributed by atoms with E-state index in [1.807, 2.05) is 0 Å². The third-order valence-corrected chi connectivity index (χ3v) is 7.32. The highest BCUT2D eigenvalue weighted by atomic mass is 35.5. The first kappa shape index (κ1) is 21.9. The molecule has 0 bridgehead atoms. The Morgan fingerprint density at radius 2 is 1.73 bits per heavy atom. The van der Waals surface area contributed by atoms with Crippen LogP contribution in [0.1, 0.15) is 17.4 Å². The molecular weight excluding hydrogens is 452 g/mol. The molecular formula is C19H17ClN2O6S2. The van der Waals surface area contributed by atoms with Gasteiger partial charge in [0.1, 0.15) is 10.6 Å². The van der Waals surface area contributed by atoms with Gasteiger partial charge >= 0.3 is 5.97 Å². The van der Waals surface area contributed by atoms with Gasteiger partial charge in [-0.3, -0.25) is 4.72 Å². The first-order chi connectivity index (χ1) is 14.2. The van der Waals surface area contributed by atoms with Gasteiger partial charge < -0.3 is 4.74 Å². The highest BCUT2D eigenvalue weighted by molar-refractivity contribution is 7.93. The first-order valence-electron chi connectivity index (χ1n) is 8.64. The maximum absolute atomic E-state index is 13.3. The van der Waals surface area contributed by atoms with Crippen LogP contribution in [0, 0.1) is 0 Å². The van der Waals surface area contributed by atoms with Gasteiger partial charge in [0.15, 0.2) is 0 Å². The Morgan fingerprint density at radius 1 is 1.03 bits per heavy atom. The van der Waals surface area contributed by atoms with Crippen LogP contribution in [0.25, 0.3) is 0 Å². The summed E-state index contributed by atoms with van der Waals surface area (Å²) in [6.07, 6.45) is 1.16. The number of carbonyl (C=O) groups excluding carboxylic acids is 1. The number of ether oxygens (including phenoxy) is 1. The summed E-state index contributed by atoms with van der Waals surface area (Å²) in [5.41, 5.74) is -0.444. The average molecular weight is 469 g/mol. The van der Waals surface area contributed by atoms with Crippen molar-refractivity contribution in [3.63, 3.8) is 0 Å². The van der Waals surface area contributed by atoms with E-state index in [0.29, 0.717) is 0 Å². The van der Waals surface area contributed by atoms with Crippen molar-refractivity contribution >= 4 is 43.3 Å². The molecule has 3 rings (SSSR count). The minimum Gasteiger partial charge on any atom is -0.461 e. The summed E-state index contributed by atoms with van der Waals surface area (Å²) in [6, 6.07) is 13.8. The van der Waals surface area contributed by atoms with Gasteiger partial charge in [-0.25, -0.2) is 25.6 Å². The molecule has 0 saturated carbocycles. The summed E-state index contributed by atoms with van der Waals surface area (Å²) in [4.78, 5) is 11.7. The SMILES string of the molecule is CCOC(=O)c1cccn1S(=O)(=O)c1cc(Cl)ccc1NS(=O)(=O)c1ccccc1. The number of hydrogen-bond donors (Lipinski definition) is 1. The maximum Gasteiger partial charge on any atom is 0.355 e. The summed E-state index contributed by atoms with van der Waals surface area (Å²) in [6.45, 7) is 1.65. The lowest BCUT2D eigenvalue weighted by molar-refractivity contribution is 0.0518. The molecule has 0 aliphatic heterocycles. The van der Waals surface area contributed by atoms with E-state index >= 15 is 0 Å². The van der Waals surface area contributed by atoms with Gasteiger partial charge in [0.05, 0.1) is 17.2 Å². The Bertz CT molecular complexity index is 1290. The van der Waals surface area contributed by atoms with Gasteiger partial charge in [-0.2, -0.15) is 0 Å². The smallest absolute Gasteiger partial charge is 0.355 e. The average Bonchev–Trinajstić information content (AvgIpc) is 3.21. The van der Waals surface area contributed by atoms with Crippen molar-refractivity contribution in [2.75, 3.05) is 11.3 Å². The number of aromatic nitrogens is 1. The Morgan fingerprint density at radius 3 is 2.40 bits per heavy atom. The van der Waals surface area contributed by atoms with Gasteiger partial charge in [-0.15, -0.1) is 0 Å². The predicted molar refractivity (Wildman–Crippen MR) is 112 cm³/mol. The summed E-state index contributed by atoms with van der Waals surface area (Å²) >= 11 is 5.98. The van der Waals surface area contributed by atoms with Crippen LogP contribution in [0.2, 0.25) is 5.02 Å². The van der Waals surface area contributed by atoms with Crippen LogP contribution in [0.3, 0.4) is 0 Å². The van der Waals surface area contributed by atoms with E-state index in [9.17, 15) is 21.6 Å². The molecule has 3 aromatic rings.